The number of carbonyl (C=O) groups excluding carboxylic acids is 1. The fourth-order valence-corrected chi connectivity index (χ4v) is 0.250. The molecule has 0 saturated heterocycles. The molecule has 0 radical (unpaired) electrons. The second kappa shape index (κ2) is 3.68. The molecule has 2 N–H and O–H groups in total. The molecule has 0 aliphatic carbocycles. The highest BCUT2D eigenvalue weighted by Gasteiger charge is 1.82. The van der Waals surface area contributed by atoms with Gasteiger partial charge < -0.3 is 5.73 Å². The Bertz CT molecular complexity index is 89.7. The zero-order valence-electron chi connectivity index (χ0n) is 3.73. The molecule has 0 unspecified atom stereocenters. The first kappa shape index (κ1) is 6.50. The zero-order valence-corrected chi connectivity index (χ0v) is 4.48. The van der Waals surface area contributed by atoms with E-state index in [-0.39, 0.29) is 12.3 Å². The molecule has 0 saturated carbocycles. The molecule has 0 atom stereocenters. The second-order valence-corrected chi connectivity index (χ2v) is 1.28. The van der Waals surface area contributed by atoms with Crippen LogP contribution in [0.1, 0.15) is 6.42 Å². The van der Waals surface area contributed by atoms with Gasteiger partial charge in [-0.15, -0.1) is 0 Å². The number of hydrogen-bond donors (Lipinski definition) is 1. The van der Waals surface area contributed by atoms with Crippen molar-refractivity contribution in [1.82, 2.24) is 0 Å². The van der Waals surface area contributed by atoms with Crippen LogP contribution in [0.5, 0.6) is 0 Å². The monoisotopic (exact) mass is 119 g/mol. The van der Waals surface area contributed by atoms with Crippen molar-refractivity contribution in [2.75, 3.05) is 0 Å². The lowest BCUT2D eigenvalue weighted by Gasteiger charge is -1.78. The normalized spacial score (nSPS) is 9.86. The first-order valence-electron chi connectivity index (χ1n) is 1.81. The maximum absolute atomic E-state index is 9.87. The van der Waals surface area contributed by atoms with Gasteiger partial charge >= 0.3 is 0 Å². The van der Waals surface area contributed by atoms with Crippen molar-refractivity contribution in [3.63, 3.8) is 0 Å². The molecule has 0 rings (SSSR count). The minimum Gasteiger partial charge on any atom is -0.369 e. The summed E-state index contributed by atoms with van der Waals surface area (Å²) < 4.78 is 0. The quantitative estimate of drug-likeness (QED) is 0.569. The molecule has 0 aliphatic heterocycles. The van der Waals surface area contributed by atoms with Crippen LogP contribution in [0.4, 0.5) is 0 Å². The molecule has 1 amide bonds. The Hall–Kier alpha value is -0.500. The minimum atomic E-state index is -0.364. The summed E-state index contributed by atoms with van der Waals surface area (Å²) in [7, 11) is 0. The van der Waals surface area contributed by atoms with Gasteiger partial charge in [0.05, 0.1) is 0 Å². The van der Waals surface area contributed by atoms with Gasteiger partial charge in [0.25, 0.3) is 0 Å². The largest absolute Gasteiger partial charge is 0.369 e. The number of halogens is 1. The van der Waals surface area contributed by atoms with Crippen LogP contribution < -0.4 is 5.73 Å². The van der Waals surface area contributed by atoms with Crippen molar-refractivity contribution < 1.29 is 4.79 Å². The molecule has 0 bridgehead atoms. The molecule has 0 fully saturated rings. The minimum absolute atomic E-state index is 0.226. The Labute approximate surface area is 46.9 Å². The van der Waals surface area contributed by atoms with Gasteiger partial charge in [-0.3, -0.25) is 4.79 Å². The smallest absolute Gasteiger partial charge is 0.221 e. The van der Waals surface area contributed by atoms with E-state index < -0.39 is 0 Å². The van der Waals surface area contributed by atoms with Gasteiger partial charge in [0, 0.05) is 12.0 Å². The topological polar surface area (TPSA) is 43.1 Å². The van der Waals surface area contributed by atoms with E-state index in [0.717, 1.165) is 0 Å². The fourth-order valence-electron chi connectivity index (χ4n) is 0.161. The average Bonchev–Trinajstić information content (AvgIpc) is 1.61. The molecule has 40 valence electrons. The van der Waals surface area contributed by atoms with Gasteiger partial charge in [0.1, 0.15) is 0 Å². The van der Waals surface area contributed by atoms with Gasteiger partial charge in [-0.25, -0.2) is 0 Å². The Morgan fingerprint density at radius 2 is 2.43 bits per heavy atom. The highest BCUT2D eigenvalue weighted by atomic mass is 35.5. The van der Waals surface area contributed by atoms with Crippen LogP contribution in [0.2, 0.25) is 0 Å². The second-order valence-electron chi connectivity index (χ2n) is 1.03. The van der Waals surface area contributed by atoms with E-state index in [9.17, 15) is 4.79 Å². The van der Waals surface area contributed by atoms with Gasteiger partial charge in [-0.05, 0) is 0 Å². The average molecular weight is 120 g/mol. The van der Waals surface area contributed by atoms with E-state index in [1.807, 2.05) is 0 Å². The molecular formula is C4H6ClNO. The summed E-state index contributed by atoms with van der Waals surface area (Å²) in [4.78, 5) is 9.87. The highest BCUT2D eigenvalue weighted by molar-refractivity contribution is 6.25. The number of primary amides is 1. The third-order valence-corrected chi connectivity index (χ3v) is 0.586. The van der Waals surface area contributed by atoms with E-state index in [1.54, 1.807) is 0 Å². The van der Waals surface area contributed by atoms with Crippen molar-refractivity contribution in [2.24, 2.45) is 5.73 Å². The van der Waals surface area contributed by atoms with Crippen molar-refractivity contribution in [2.45, 2.75) is 6.42 Å². The van der Waals surface area contributed by atoms with E-state index in [2.05, 4.69) is 0 Å². The predicted octanol–water partition coefficient (Wildman–Crippen LogP) is 0.614. The lowest BCUT2D eigenvalue weighted by molar-refractivity contribution is -0.117. The number of nitrogens with two attached hydrogens (primary N) is 1. The molecule has 0 heterocycles. The van der Waals surface area contributed by atoms with Crippen LogP contribution >= 0.6 is 11.6 Å². The summed E-state index contributed by atoms with van der Waals surface area (Å²) in [6, 6.07) is 0. The lowest BCUT2D eigenvalue weighted by Crippen LogP contribution is -2.07. The first-order valence-corrected chi connectivity index (χ1v) is 2.24. The SMILES string of the molecule is NC(=O)C/C=C\Cl. The lowest BCUT2D eigenvalue weighted by atomic mass is 10.4. The maximum Gasteiger partial charge on any atom is 0.221 e. The molecule has 3 heteroatoms. The van der Waals surface area contributed by atoms with Crippen LogP contribution in [0.15, 0.2) is 11.6 Å². The van der Waals surface area contributed by atoms with Gasteiger partial charge in [-0.2, -0.15) is 0 Å². The number of carbonyl (C=O) groups is 1. The summed E-state index contributed by atoms with van der Waals surface area (Å²) in [5.41, 5.74) is 6.00. The highest BCUT2D eigenvalue weighted by Crippen LogP contribution is 1.82. The molecule has 0 spiro atoms. The Balaban J connectivity index is 3.14. The first-order chi connectivity index (χ1) is 3.27. The zero-order chi connectivity index (χ0) is 5.70. The molecule has 2 nitrogen and oxygen atoms in total. The molecular weight excluding hydrogens is 114 g/mol. The third kappa shape index (κ3) is 5.50. The van der Waals surface area contributed by atoms with Crippen LogP contribution in [-0.4, -0.2) is 5.91 Å². The number of amides is 1. The van der Waals surface area contributed by atoms with Crippen molar-refractivity contribution in [1.29, 1.82) is 0 Å². The molecule has 0 aromatic carbocycles. The van der Waals surface area contributed by atoms with Gasteiger partial charge in [0.2, 0.25) is 5.91 Å². The summed E-state index contributed by atoms with van der Waals surface area (Å²) in [6.45, 7) is 0. The van der Waals surface area contributed by atoms with Crippen LogP contribution in [0, 0.1) is 0 Å². The van der Waals surface area contributed by atoms with Crippen LogP contribution in [0.3, 0.4) is 0 Å². The molecule has 0 aromatic rings. The number of rotatable bonds is 2. The molecule has 7 heavy (non-hydrogen) atoms. The summed E-state index contributed by atoms with van der Waals surface area (Å²) in [5.74, 6) is -0.364. The maximum atomic E-state index is 9.87. The van der Waals surface area contributed by atoms with Gasteiger partial charge in [-0.1, -0.05) is 17.7 Å². The van der Waals surface area contributed by atoms with E-state index in [4.69, 9.17) is 17.3 Å². The Kier molecular flexibility index (Phi) is 3.42. The van der Waals surface area contributed by atoms with Crippen molar-refractivity contribution in [3.05, 3.63) is 11.6 Å². The Morgan fingerprint density at radius 1 is 1.86 bits per heavy atom. The van der Waals surface area contributed by atoms with E-state index >= 15 is 0 Å². The summed E-state index contributed by atoms with van der Waals surface area (Å²) in [5, 5.41) is 0. The Morgan fingerprint density at radius 3 is 2.57 bits per heavy atom. The fraction of sp³-hybridized carbons (Fsp3) is 0.250. The van der Waals surface area contributed by atoms with Crippen LogP contribution in [-0.2, 0) is 4.79 Å². The molecule has 0 aliphatic rings. The third-order valence-electron chi connectivity index (χ3n) is 0.408. The number of hydrogen-bond acceptors (Lipinski definition) is 1. The molecule has 0 aromatic heterocycles. The van der Waals surface area contributed by atoms with Crippen LogP contribution in [0.25, 0.3) is 0 Å². The van der Waals surface area contributed by atoms with E-state index in [1.165, 1.54) is 11.6 Å². The summed E-state index contributed by atoms with van der Waals surface area (Å²) in [6.07, 6.45) is 1.72. The summed E-state index contributed by atoms with van der Waals surface area (Å²) >= 11 is 5.06. The predicted molar refractivity (Wildman–Crippen MR) is 28.8 cm³/mol. The van der Waals surface area contributed by atoms with Crippen molar-refractivity contribution >= 4 is 17.5 Å². The van der Waals surface area contributed by atoms with Gasteiger partial charge in [0.15, 0.2) is 0 Å². The standard InChI is InChI=1S/C4H6ClNO/c5-3-1-2-4(6)7/h1,3H,2H2,(H2,6,7)/b3-1-. The van der Waals surface area contributed by atoms with E-state index in [0.29, 0.717) is 0 Å². The van der Waals surface area contributed by atoms with Crippen molar-refractivity contribution in [3.8, 4) is 0 Å².